The van der Waals surface area contributed by atoms with Crippen LogP contribution in [-0.4, -0.2) is 73.8 Å². The lowest BCUT2D eigenvalue weighted by Gasteiger charge is -2.34. The third kappa shape index (κ3) is 6.57. The normalized spacial score (nSPS) is 14.7. The number of nitrogens with one attached hydrogen (secondary N) is 1. The van der Waals surface area contributed by atoms with Gasteiger partial charge in [-0.25, -0.2) is 0 Å². The summed E-state index contributed by atoms with van der Waals surface area (Å²) in [5.74, 6) is 0.267. The van der Waals surface area contributed by atoms with Crippen LogP contribution in [0.15, 0.2) is 46.7 Å². The molecule has 6 nitrogen and oxygen atoms in total. The van der Waals surface area contributed by atoms with Crippen molar-refractivity contribution in [2.75, 3.05) is 52.2 Å². The number of ether oxygens (including phenoxy) is 1. The van der Waals surface area contributed by atoms with Crippen LogP contribution in [-0.2, 0) is 16.1 Å². The zero-order chi connectivity index (χ0) is 20.5. The molecule has 1 aromatic heterocycles. The average Bonchev–Trinajstić information content (AvgIpc) is 3.26. The maximum atomic E-state index is 13.1. The summed E-state index contributed by atoms with van der Waals surface area (Å²) >= 11 is 3.17. The first-order valence-electron chi connectivity index (χ1n) is 9.69. The van der Waals surface area contributed by atoms with Crippen molar-refractivity contribution in [3.05, 3.63) is 52.2 Å². The van der Waals surface area contributed by atoms with E-state index < -0.39 is 0 Å². The number of carbonyl (C=O) groups is 2. The van der Waals surface area contributed by atoms with Gasteiger partial charge in [-0.2, -0.15) is 0 Å². The first-order valence-corrected chi connectivity index (χ1v) is 11.6. The molecule has 1 aromatic carbocycles. The zero-order valence-electron chi connectivity index (χ0n) is 16.6. The van der Waals surface area contributed by atoms with E-state index in [1.54, 1.807) is 18.4 Å². The van der Waals surface area contributed by atoms with Gasteiger partial charge in [0.1, 0.15) is 0 Å². The van der Waals surface area contributed by atoms with Crippen molar-refractivity contribution < 1.29 is 14.3 Å². The predicted octanol–water partition coefficient (Wildman–Crippen LogP) is 2.56. The monoisotopic (exact) mass is 433 g/mol. The summed E-state index contributed by atoms with van der Waals surface area (Å²) in [6, 6.07) is 11.8. The van der Waals surface area contributed by atoms with E-state index >= 15 is 0 Å². The molecule has 2 heterocycles. The van der Waals surface area contributed by atoms with Crippen molar-refractivity contribution in [1.82, 2.24) is 15.1 Å². The number of methoxy groups -OCH3 is 1. The highest BCUT2D eigenvalue weighted by Gasteiger charge is 2.24. The lowest BCUT2D eigenvalue weighted by Crippen LogP contribution is -2.48. The van der Waals surface area contributed by atoms with Crippen molar-refractivity contribution in [2.45, 2.75) is 11.4 Å². The Morgan fingerprint density at radius 2 is 1.93 bits per heavy atom. The van der Waals surface area contributed by atoms with Crippen molar-refractivity contribution in [3.8, 4) is 0 Å². The van der Waals surface area contributed by atoms with E-state index in [1.165, 1.54) is 16.6 Å². The molecule has 3 rings (SSSR count). The Balaban J connectivity index is 1.52. The summed E-state index contributed by atoms with van der Waals surface area (Å²) in [5.41, 5.74) is 0.675. The zero-order valence-corrected chi connectivity index (χ0v) is 18.3. The minimum absolute atomic E-state index is 0.0451. The van der Waals surface area contributed by atoms with Gasteiger partial charge in [0.05, 0.1) is 17.9 Å². The average molecular weight is 434 g/mol. The predicted molar refractivity (Wildman–Crippen MR) is 118 cm³/mol. The molecule has 1 aliphatic rings. The van der Waals surface area contributed by atoms with Crippen molar-refractivity contribution in [3.63, 3.8) is 0 Å². The van der Waals surface area contributed by atoms with Gasteiger partial charge in [0.25, 0.3) is 5.91 Å². The standard InChI is InChI=1S/C21H27N3O3S2/c1-27-13-8-22-20(25)16-29-19-7-3-2-6-18(19)21(26)24-11-9-23(10-12-24)15-17-5-4-14-28-17/h2-7,14H,8-13,15-16H2,1H3,(H,22,25). The third-order valence-corrected chi connectivity index (χ3v) is 6.66. The second-order valence-corrected chi connectivity index (χ2v) is 8.82. The van der Waals surface area contributed by atoms with Gasteiger partial charge < -0.3 is 15.0 Å². The molecule has 1 saturated heterocycles. The van der Waals surface area contributed by atoms with E-state index in [0.717, 1.165) is 37.6 Å². The quantitative estimate of drug-likeness (QED) is 0.487. The van der Waals surface area contributed by atoms with E-state index in [-0.39, 0.29) is 17.6 Å². The molecule has 2 amide bonds. The molecule has 0 saturated carbocycles. The Hall–Kier alpha value is -1.87. The summed E-state index contributed by atoms with van der Waals surface area (Å²) in [6.45, 7) is 5.13. The molecule has 29 heavy (non-hydrogen) atoms. The van der Waals surface area contributed by atoms with Gasteiger partial charge in [-0.1, -0.05) is 18.2 Å². The van der Waals surface area contributed by atoms with Crippen LogP contribution in [0.5, 0.6) is 0 Å². The Bertz CT molecular complexity index is 790. The molecule has 0 atom stereocenters. The fraction of sp³-hybridized carbons (Fsp3) is 0.429. The summed E-state index contributed by atoms with van der Waals surface area (Å²) in [7, 11) is 1.60. The highest BCUT2D eigenvalue weighted by atomic mass is 32.2. The first kappa shape index (κ1) is 21.8. The van der Waals surface area contributed by atoms with Gasteiger partial charge in [0, 0.05) is 56.2 Å². The number of hydrogen-bond acceptors (Lipinski definition) is 6. The molecule has 1 aliphatic heterocycles. The van der Waals surface area contributed by atoms with Crippen LogP contribution in [0.25, 0.3) is 0 Å². The molecule has 0 aliphatic carbocycles. The van der Waals surface area contributed by atoms with E-state index in [1.807, 2.05) is 29.2 Å². The van der Waals surface area contributed by atoms with Crippen molar-refractivity contribution >= 4 is 34.9 Å². The molecule has 0 spiro atoms. The fourth-order valence-electron chi connectivity index (χ4n) is 3.16. The Labute approximate surface area is 180 Å². The number of thioether (sulfide) groups is 1. The van der Waals surface area contributed by atoms with Gasteiger partial charge in [-0.15, -0.1) is 23.1 Å². The number of hydrogen-bond donors (Lipinski definition) is 1. The summed E-state index contributed by atoms with van der Waals surface area (Å²) in [4.78, 5) is 31.5. The Morgan fingerprint density at radius 1 is 1.14 bits per heavy atom. The SMILES string of the molecule is COCCNC(=O)CSc1ccccc1C(=O)N1CCN(Cc2cccs2)CC1. The number of nitrogens with zero attached hydrogens (tertiary/aromatic N) is 2. The summed E-state index contributed by atoms with van der Waals surface area (Å²) in [5, 5.41) is 4.90. The Kier molecular flexibility index (Phi) is 8.54. The van der Waals surface area contributed by atoms with Crippen molar-refractivity contribution in [2.24, 2.45) is 0 Å². The summed E-state index contributed by atoms with van der Waals surface area (Å²) < 4.78 is 4.93. The van der Waals surface area contributed by atoms with Gasteiger partial charge in [0.2, 0.25) is 5.91 Å². The molecule has 2 aromatic rings. The van der Waals surface area contributed by atoms with Crippen molar-refractivity contribution in [1.29, 1.82) is 0 Å². The number of carbonyl (C=O) groups excluding carboxylic acids is 2. The molecule has 0 bridgehead atoms. The van der Waals surface area contributed by atoms with Gasteiger partial charge in [-0.3, -0.25) is 14.5 Å². The van der Waals surface area contributed by atoms with Crippen LogP contribution in [0.4, 0.5) is 0 Å². The topological polar surface area (TPSA) is 61.9 Å². The molecule has 1 N–H and O–H groups in total. The fourth-order valence-corrected chi connectivity index (χ4v) is 4.78. The molecule has 156 valence electrons. The largest absolute Gasteiger partial charge is 0.383 e. The molecule has 0 radical (unpaired) electrons. The maximum Gasteiger partial charge on any atom is 0.255 e. The van der Waals surface area contributed by atoms with Crippen LogP contribution in [0.1, 0.15) is 15.2 Å². The molecular formula is C21H27N3O3S2. The number of piperazine rings is 1. The van der Waals surface area contributed by atoms with E-state index in [4.69, 9.17) is 4.74 Å². The van der Waals surface area contributed by atoms with Gasteiger partial charge >= 0.3 is 0 Å². The van der Waals surface area contributed by atoms with Crippen LogP contribution in [0, 0.1) is 0 Å². The molecule has 8 heteroatoms. The van der Waals surface area contributed by atoms with E-state index in [2.05, 4.69) is 27.7 Å². The van der Waals surface area contributed by atoms with E-state index in [9.17, 15) is 9.59 Å². The number of rotatable bonds is 9. The maximum absolute atomic E-state index is 13.1. The van der Waals surface area contributed by atoms with Gasteiger partial charge in [-0.05, 0) is 23.6 Å². The van der Waals surface area contributed by atoms with Crippen LogP contribution in [0.2, 0.25) is 0 Å². The van der Waals surface area contributed by atoms with Crippen LogP contribution < -0.4 is 5.32 Å². The lowest BCUT2D eigenvalue weighted by molar-refractivity contribution is -0.118. The lowest BCUT2D eigenvalue weighted by atomic mass is 10.2. The molecular weight excluding hydrogens is 406 g/mol. The number of benzene rings is 1. The second kappa shape index (κ2) is 11.3. The first-order chi connectivity index (χ1) is 14.2. The Morgan fingerprint density at radius 3 is 2.66 bits per heavy atom. The minimum Gasteiger partial charge on any atom is -0.383 e. The minimum atomic E-state index is -0.0588. The highest BCUT2D eigenvalue weighted by molar-refractivity contribution is 8.00. The second-order valence-electron chi connectivity index (χ2n) is 6.78. The third-order valence-electron chi connectivity index (χ3n) is 4.72. The molecule has 1 fully saturated rings. The summed E-state index contributed by atoms with van der Waals surface area (Å²) in [6.07, 6.45) is 0. The number of thiophene rings is 1. The van der Waals surface area contributed by atoms with Gasteiger partial charge in [0.15, 0.2) is 0 Å². The number of amides is 2. The van der Waals surface area contributed by atoms with Crippen LogP contribution >= 0.6 is 23.1 Å². The molecule has 0 unspecified atom stereocenters. The van der Waals surface area contributed by atoms with Crippen LogP contribution in [0.3, 0.4) is 0 Å². The highest BCUT2D eigenvalue weighted by Crippen LogP contribution is 2.24. The smallest absolute Gasteiger partial charge is 0.255 e. The van der Waals surface area contributed by atoms with E-state index in [0.29, 0.717) is 18.7 Å².